The van der Waals surface area contributed by atoms with Crippen LogP contribution < -0.4 is 20.1 Å². The maximum Gasteiger partial charge on any atom is 0.353 e. The molecule has 2 aromatic carbocycles. The predicted molar refractivity (Wildman–Crippen MR) is 111 cm³/mol. The number of ether oxygens (including phenoxy) is 2. The van der Waals surface area contributed by atoms with Crippen molar-refractivity contribution in [3.05, 3.63) is 62.9 Å². The summed E-state index contributed by atoms with van der Waals surface area (Å²) in [6.45, 7) is 0. The van der Waals surface area contributed by atoms with E-state index >= 15 is 0 Å². The highest BCUT2D eigenvalue weighted by Crippen LogP contribution is 2.40. The SMILES string of the molecule is COc1cc(OC)c(Nc2ncnc(Nc3cccc(Cl)c3)c2[N+](=O)[O-])cc1Cl. The van der Waals surface area contributed by atoms with Crippen LogP contribution in [0.5, 0.6) is 11.5 Å². The van der Waals surface area contributed by atoms with Crippen LogP contribution in [0, 0.1) is 10.1 Å². The second kappa shape index (κ2) is 8.80. The van der Waals surface area contributed by atoms with Crippen LogP contribution in [0.3, 0.4) is 0 Å². The maximum absolute atomic E-state index is 11.8. The van der Waals surface area contributed by atoms with E-state index < -0.39 is 4.92 Å². The van der Waals surface area contributed by atoms with Gasteiger partial charge in [-0.1, -0.05) is 29.3 Å². The third-order valence-electron chi connectivity index (χ3n) is 3.82. The number of nitrogens with one attached hydrogen (secondary N) is 2. The van der Waals surface area contributed by atoms with Gasteiger partial charge in [-0.3, -0.25) is 10.1 Å². The van der Waals surface area contributed by atoms with Crippen molar-refractivity contribution < 1.29 is 14.4 Å². The van der Waals surface area contributed by atoms with E-state index in [0.717, 1.165) is 0 Å². The summed E-state index contributed by atoms with van der Waals surface area (Å²) >= 11 is 12.1. The van der Waals surface area contributed by atoms with E-state index in [1.165, 1.54) is 26.6 Å². The van der Waals surface area contributed by atoms with Crippen molar-refractivity contribution in [2.45, 2.75) is 0 Å². The molecule has 0 spiro atoms. The summed E-state index contributed by atoms with van der Waals surface area (Å²) in [6, 6.07) is 9.80. The van der Waals surface area contributed by atoms with Gasteiger partial charge in [-0.2, -0.15) is 0 Å². The number of hydrogen-bond acceptors (Lipinski definition) is 8. The third kappa shape index (κ3) is 4.58. The molecule has 0 aliphatic carbocycles. The summed E-state index contributed by atoms with van der Waals surface area (Å²) in [6.07, 6.45) is 1.19. The molecule has 0 fully saturated rings. The van der Waals surface area contributed by atoms with Gasteiger partial charge in [0.05, 0.1) is 29.9 Å². The van der Waals surface area contributed by atoms with Gasteiger partial charge in [0.2, 0.25) is 11.6 Å². The molecule has 0 aliphatic rings. The summed E-state index contributed by atoms with van der Waals surface area (Å²) in [5.41, 5.74) is 0.547. The van der Waals surface area contributed by atoms with E-state index in [1.807, 2.05) is 0 Å². The summed E-state index contributed by atoms with van der Waals surface area (Å²) in [4.78, 5) is 19.2. The quantitative estimate of drug-likeness (QED) is 0.384. The number of anilines is 4. The van der Waals surface area contributed by atoms with Crippen LogP contribution in [0.15, 0.2) is 42.7 Å². The number of nitrogens with zero attached hydrogens (tertiary/aromatic N) is 3. The molecular formula is C18H15Cl2N5O4. The van der Waals surface area contributed by atoms with Crippen molar-refractivity contribution in [3.63, 3.8) is 0 Å². The molecule has 150 valence electrons. The first kappa shape index (κ1) is 20.4. The van der Waals surface area contributed by atoms with Gasteiger partial charge in [0, 0.05) is 16.8 Å². The Morgan fingerprint density at radius 2 is 1.69 bits per heavy atom. The van der Waals surface area contributed by atoms with Gasteiger partial charge in [-0.25, -0.2) is 9.97 Å². The molecule has 1 aromatic heterocycles. The molecule has 3 rings (SSSR count). The van der Waals surface area contributed by atoms with Crippen molar-refractivity contribution in [1.82, 2.24) is 9.97 Å². The second-order valence-corrected chi connectivity index (χ2v) is 6.47. The maximum atomic E-state index is 11.8. The zero-order chi connectivity index (χ0) is 21.0. The van der Waals surface area contributed by atoms with Crippen LogP contribution in [0.25, 0.3) is 0 Å². The lowest BCUT2D eigenvalue weighted by molar-refractivity contribution is -0.383. The van der Waals surface area contributed by atoms with Crippen LogP contribution >= 0.6 is 23.2 Å². The average molecular weight is 436 g/mol. The fourth-order valence-corrected chi connectivity index (χ4v) is 2.95. The second-order valence-electron chi connectivity index (χ2n) is 5.62. The van der Waals surface area contributed by atoms with Crippen molar-refractivity contribution in [1.29, 1.82) is 0 Å². The van der Waals surface area contributed by atoms with E-state index in [0.29, 0.717) is 32.9 Å². The Morgan fingerprint density at radius 1 is 1.00 bits per heavy atom. The summed E-state index contributed by atoms with van der Waals surface area (Å²) in [5.74, 6) is 0.709. The topological polar surface area (TPSA) is 111 Å². The van der Waals surface area contributed by atoms with E-state index in [-0.39, 0.29) is 17.3 Å². The van der Waals surface area contributed by atoms with Crippen molar-refractivity contribution >= 4 is 51.9 Å². The summed E-state index contributed by atoms with van der Waals surface area (Å²) in [5, 5.41) is 18.3. The highest BCUT2D eigenvalue weighted by molar-refractivity contribution is 6.32. The molecule has 2 N–H and O–H groups in total. The standard InChI is InChI=1S/C18H15Cl2N5O4/c1-28-14-8-15(29-2)13(7-12(14)20)24-18-16(25(26)27)17(21-9-22-18)23-11-5-3-4-10(19)6-11/h3-9H,1-2H3,(H2,21,22,23,24). The van der Waals surface area contributed by atoms with E-state index in [2.05, 4.69) is 20.6 Å². The molecule has 0 unspecified atom stereocenters. The van der Waals surface area contributed by atoms with Crippen molar-refractivity contribution in [3.8, 4) is 11.5 Å². The number of aromatic nitrogens is 2. The molecule has 0 amide bonds. The fraction of sp³-hybridized carbons (Fsp3) is 0.111. The van der Waals surface area contributed by atoms with Crippen molar-refractivity contribution in [2.75, 3.05) is 24.9 Å². The normalized spacial score (nSPS) is 10.3. The van der Waals surface area contributed by atoms with Gasteiger partial charge in [-0.05, 0) is 24.3 Å². The predicted octanol–water partition coefficient (Wildman–Crippen LogP) is 5.20. The molecule has 0 bridgehead atoms. The smallest absolute Gasteiger partial charge is 0.353 e. The molecule has 3 aromatic rings. The Bertz CT molecular complexity index is 1060. The minimum absolute atomic E-state index is 0.00616. The molecule has 11 heteroatoms. The minimum Gasteiger partial charge on any atom is -0.495 e. The summed E-state index contributed by atoms with van der Waals surface area (Å²) < 4.78 is 10.5. The first-order valence-electron chi connectivity index (χ1n) is 8.13. The van der Waals surface area contributed by atoms with Gasteiger partial charge < -0.3 is 20.1 Å². The lowest BCUT2D eigenvalue weighted by Crippen LogP contribution is -2.06. The number of hydrogen-bond donors (Lipinski definition) is 2. The van der Waals surface area contributed by atoms with Crippen molar-refractivity contribution in [2.24, 2.45) is 0 Å². The number of nitro groups is 1. The lowest BCUT2D eigenvalue weighted by atomic mass is 10.2. The zero-order valence-electron chi connectivity index (χ0n) is 15.3. The first-order chi connectivity index (χ1) is 13.9. The van der Waals surface area contributed by atoms with Crippen LogP contribution in [-0.4, -0.2) is 29.1 Å². The zero-order valence-corrected chi connectivity index (χ0v) is 16.8. The number of benzene rings is 2. The van der Waals surface area contributed by atoms with E-state index in [1.54, 1.807) is 30.3 Å². The van der Waals surface area contributed by atoms with Gasteiger partial charge in [0.15, 0.2) is 0 Å². The summed E-state index contributed by atoms with van der Waals surface area (Å²) in [7, 11) is 2.92. The lowest BCUT2D eigenvalue weighted by Gasteiger charge is -2.14. The first-order valence-corrected chi connectivity index (χ1v) is 8.89. The minimum atomic E-state index is -0.590. The van der Waals surface area contributed by atoms with Gasteiger partial charge in [0.25, 0.3) is 0 Å². The molecule has 1 heterocycles. The molecular weight excluding hydrogens is 421 g/mol. The molecule has 0 saturated heterocycles. The highest BCUT2D eigenvalue weighted by Gasteiger charge is 2.24. The van der Waals surface area contributed by atoms with Gasteiger partial charge >= 0.3 is 5.69 Å². The molecule has 9 nitrogen and oxygen atoms in total. The largest absolute Gasteiger partial charge is 0.495 e. The molecule has 0 atom stereocenters. The Balaban J connectivity index is 2.02. The Morgan fingerprint density at radius 3 is 2.31 bits per heavy atom. The average Bonchev–Trinajstić information content (AvgIpc) is 2.68. The highest BCUT2D eigenvalue weighted by atomic mass is 35.5. The van der Waals surface area contributed by atoms with Crippen LogP contribution in [0.1, 0.15) is 0 Å². The number of halogens is 2. The Kier molecular flexibility index (Phi) is 6.20. The monoisotopic (exact) mass is 435 g/mol. The Labute approximate surface area is 175 Å². The Hall–Kier alpha value is -3.30. The van der Waals surface area contributed by atoms with E-state index in [4.69, 9.17) is 32.7 Å². The molecule has 0 radical (unpaired) electrons. The number of rotatable bonds is 7. The van der Waals surface area contributed by atoms with Gasteiger partial charge in [0.1, 0.15) is 17.8 Å². The number of methoxy groups -OCH3 is 2. The van der Waals surface area contributed by atoms with Crippen LogP contribution in [-0.2, 0) is 0 Å². The molecule has 0 saturated carbocycles. The molecule has 29 heavy (non-hydrogen) atoms. The molecule has 0 aliphatic heterocycles. The third-order valence-corrected chi connectivity index (χ3v) is 4.35. The van der Waals surface area contributed by atoms with Crippen LogP contribution in [0.2, 0.25) is 10.0 Å². The fourth-order valence-electron chi connectivity index (χ4n) is 2.52. The van der Waals surface area contributed by atoms with Crippen LogP contribution in [0.4, 0.5) is 28.7 Å². The van der Waals surface area contributed by atoms with E-state index in [9.17, 15) is 10.1 Å². The van der Waals surface area contributed by atoms with Gasteiger partial charge in [-0.15, -0.1) is 0 Å².